The van der Waals surface area contributed by atoms with E-state index >= 15 is 0 Å². The molecule has 4 rings (SSSR count). The second-order valence-corrected chi connectivity index (χ2v) is 8.55. The van der Waals surface area contributed by atoms with Crippen molar-refractivity contribution < 1.29 is 13.2 Å². The topological polar surface area (TPSA) is 0 Å². The first kappa shape index (κ1) is 19.5. The van der Waals surface area contributed by atoms with Gasteiger partial charge in [0.2, 0.25) is 0 Å². The lowest BCUT2D eigenvalue weighted by atomic mass is 9.83. The van der Waals surface area contributed by atoms with E-state index in [-0.39, 0.29) is 5.92 Å². The number of allylic oxidation sites excluding steroid dienone is 2. The zero-order chi connectivity index (χ0) is 20.1. The zero-order valence-corrected chi connectivity index (χ0v) is 17.5. The molecule has 0 amide bonds. The summed E-state index contributed by atoms with van der Waals surface area (Å²) in [5.74, 6) is 0.409. The molecule has 0 radical (unpaired) electrons. The van der Waals surface area contributed by atoms with Crippen LogP contribution in [0.3, 0.4) is 0 Å². The van der Waals surface area contributed by atoms with Gasteiger partial charge in [-0.3, -0.25) is 0 Å². The van der Waals surface area contributed by atoms with Crippen LogP contribution in [0.1, 0.15) is 72.8 Å². The standard InChI is InChI=1S/C24H22BrF3/c1-3-15-13-20-19(6-4-8-22(20)24(26,27)28)17(15)11-10-16-14(2)12-21-18(16)7-5-9-23(21)25/h4-9,12-13,16-17H,3,10-11H2,1-2H3. The molecule has 2 unspecified atom stereocenters. The number of alkyl halides is 3. The highest BCUT2D eigenvalue weighted by Crippen LogP contribution is 2.48. The molecule has 0 bridgehead atoms. The Kier molecular flexibility index (Phi) is 5.03. The second kappa shape index (κ2) is 7.22. The van der Waals surface area contributed by atoms with Crippen LogP contribution >= 0.6 is 15.9 Å². The van der Waals surface area contributed by atoms with Gasteiger partial charge in [0, 0.05) is 16.3 Å². The van der Waals surface area contributed by atoms with Crippen LogP contribution in [0.2, 0.25) is 0 Å². The van der Waals surface area contributed by atoms with Gasteiger partial charge in [-0.05, 0) is 60.6 Å². The van der Waals surface area contributed by atoms with Gasteiger partial charge in [0.15, 0.2) is 0 Å². The van der Waals surface area contributed by atoms with Crippen molar-refractivity contribution in [2.75, 3.05) is 0 Å². The Morgan fingerprint density at radius 2 is 1.54 bits per heavy atom. The third-order valence-electron chi connectivity index (χ3n) is 6.13. The van der Waals surface area contributed by atoms with E-state index in [1.54, 1.807) is 12.1 Å². The van der Waals surface area contributed by atoms with Crippen LogP contribution in [-0.4, -0.2) is 0 Å². The average Bonchev–Trinajstić information content (AvgIpc) is 3.16. The fourth-order valence-corrected chi connectivity index (χ4v) is 5.27. The molecule has 0 saturated heterocycles. The van der Waals surface area contributed by atoms with Crippen molar-refractivity contribution in [2.45, 2.75) is 51.1 Å². The molecular weight excluding hydrogens is 425 g/mol. The summed E-state index contributed by atoms with van der Waals surface area (Å²) in [7, 11) is 0. The lowest BCUT2D eigenvalue weighted by Crippen LogP contribution is -2.09. The number of benzene rings is 2. The van der Waals surface area contributed by atoms with E-state index in [0.29, 0.717) is 11.5 Å². The van der Waals surface area contributed by atoms with Gasteiger partial charge in [0.25, 0.3) is 0 Å². The summed E-state index contributed by atoms with van der Waals surface area (Å²) in [6, 6.07) is 10.9. The zero-order valence-electron chi connectivity index (χ0n) is 15.9. The van der Waals surface area contributed by atoms with Crippen molar-refractivity contribution in [3.05, 3.63) is 79.8 Å². The van der Waals surface area contributed by atoms with Gasteiger partial charge in [-0.15, -0.1) is 0 Å². The number of halogens is 4. The lowest BCUT2D eigenvalue weighted by molar-refractivity contribution is -0.137. The Morgan fingerprint density at radius 3 is 2.21 bits per heavy atom. The van der Waals surface area contributed by atoms with Crippen LogP contribution in [0, 0.1) is 0 Å². The predicted octanol–water partition coefficient (Wildman–Crippen LogP) is 8.34. The molecule has 0 saturated carbocycles. The van der Waals surface area contributed by atoms with E-state index in [2.05, 4.69) is 47.1 Å². The van der Waals surface area contributed by atoms with E-state index in [4.69, 9.17) is 0 Å². The molecular formula is C24H22BrF3. The quantitative estimate of drug-likeness (QED) is 0.442. The molecule has 0 spiro atoms. The minimum absolute atomic E-state index is 0.0753. The molecule has 2 atom stereocenters. The van der Waals surface area contributed by atoms with Crippen LogP contribution in [-0.2, 0) is 6.18 Å². The van der Waals surface area contributed by atoms with Gasteiger partial charge < -0.3 is 0 Å². The normalized spacial score (nSPS) is 20.6. The van der Waals surface area contributed by atoms with E-state index < -0.39 is 11.7 Å². The molecule has 4 heteroatoms. The first-order valence-corrected chi connectivity index (χ1v) is 10.5. The van der Waals surface area contributed by atoms with Crippen molar-refractivity contribution in [1.82, 2.24) is 0 Å². The van der Waals surface area contributed by atoms with Crippen LogP contribution in [0.5, 0.6) is 0 Å². The van der Waals surface area contributed by atoms with Crippen molar-refractivity contribution in [2.24, 2.45) is 0 Å². The molecule has 0 N–H and O–H groups in total. The van der Waals surface area contributed by atoms with Crippen LogP contribution < -0.4 is 0 Å². The number of rotatable bonds is 4. The molecule has 0 fully saturated rings. The Balaban J connectivity index is 1.62. The van der Waals surface area contributed by atoms with E-state index in [0.717, 1.165) is 34.9 Å². The summed E-state index contributed by atoms with van der Waals surface area (Å²) in [5.41, 5.74) is 5.69. The molecule has 2 aliphatic carbocycles. The van der Waals surface area contributed by atoms with Crippen LogP contribution in [0.25, 0.3) is 12.2 Å². The fraction of sp³-hybridized carbons (Fsp3) is 0.333. The van der Waals surface area contributed by atoms with E-state index in [1.165, 1.54) is 22.8 Å². The summed E-state index contributed by atoms with van der Waals surface area (Å²) in [4.78, 5) is 0. The third-order valence-corrected chi connectivity index (χ3v) is 6.83. The minimum atomic E-state index is -4.31. The summed E-state index contributed by atoms with van der Waals surface area (Å²) < 4.78 is 41.4. The predicted molar refractivity (Wildman–Crippen MR) is 112 cm³/mol. The van der Waals surface area contributed by atoms with Gasteiger partial charge in [-0.2, -0.15) is 13.2 Å². The third kappa shape index (κ3) is 3.26. The maximum atomic E-state index is 13.4. The molecule has 2 aromatic rings. The first-order chi connectivity index (χ1) is 13.3. The summed E-state index contributed by atoms with van der Waals surface area (Å²) in [6.07, 6.45) is 2.26. The molecule has 0 heterocycles. The largest absolute Gasteiger partial charge is 0.416 e. The Bertz CT molecular complexity index is 982. The molecule has 0 aliphatic heterocycles. The monoisotopic (exact) mass is 446 g/mol. The molecule has 2 aromatic carbocycles. The van der Waals surface area contributed by atoms with Crippen LogP contribution in [0.4, 0.5) is 13.2 Å². The van der Waals surface area contributed by atoms with Crippen molar-refractivity contribution in [3.8, 4) is 0 Å². The molecule has 2 aliphatic rings. The number of hydrogen-bond donors (Lipinski definition) is 0. The van der Waals surface area contributed by atoms with E-state index in [1.807, 2.05) is 13.0 Å². The summed E-state index contributed by atoms with van der Waals surface area (Å²) in [6.45, 7) is 4.18. The number of hydrogen-bond acceptors (Lipinski definition) is 0. The van der Waals surface area contributed by atoms with Gasteiger partial charge >= 0.3 is 6.18 Å². The summed E-state index contributed by atoms with van der Waals surface area (Å²) >= 11 is 3.63. The van der Waals surface area contributed by atoms with Crippen LogP contribution in [0.15, 0.2) is 52.0 Å². The maximum Gasteiger partial charge on any atom is 0.416 e. The average molecular weight is 447 g/mol. The van der Waals surface area contributed by atoms with Crippen molar-refractivity contribution >= 4 is 28.1 Å². The van der Waals surface area contributed by atoms with Gasteiger partial charge in [0.05, 0.1) is 5.56 Å². The van der Waals surface area contributed by atoms with Gasteiger partial charge in [-0.25, -0.2) is 0 Å². The second-order valence-electron chi connectivity index (χ2n) is 7.69. The van der Waals surface area contributed by atoms with E-state index in [9.17, 15) is 13.2 Å². The van der Waals surface area contributed by atoms with Crippen molar-refractivity contribution in [3.63, 3.8) is 0 Å². The minimum Gasteiger partial charge on any atom is -0.166 e. The highest BCUT2D eigenvalue weighted by molar-refractivity contribution is 9.10. The van der Waals surface area contributed by atoms with Gasteiger partial charge in [0.1, 0.15) is 0 Å². The Morgan fingerprint density at radius 1 is 0.893 bits per heavy atom. The van der Waals surface area contributed by atoms with Gasteiger partial charge in [-0.1, -0.05) is 70.4 Å². The smallest absolute Gasteiger partial charge is 0.166 e. The highest BCUT2D eigenvalue weighted by atomic mass is 79.9. The maximum absolute atomic E-state index is 13.4. The Labute approximate surface area is 172 Å². The SMILES string of the molecule is CCC1=Cc2c(cccc2C(F)(F)F)C1CCC1C(C)=Cc2c(Br)cccc21. The fourth-order valence-electron chi connectivity index (χ4n) is 4.77. The number of fused-ring (bicyclic) bond motifs is 2. The Hall–Kier alpha value is -1.81. The summed E-state index contributed by atoms with van der Waals surface area (Å²) in [5, 5.41) is 0. The first-order valence-electron chi connectivity index (χ1n) is 9.68. The lowest BCUT2D eigenvalue weighted by Gasteiger charge is -2.21. The molecule has 28 heavy (non-hydrogen) atoms. The van der Waals surface area contributed by atoms with Crippen molar-refractivity contribution in [1.29, 1.82) is 0 Å². The molecule has 0 nitrogen and oxygen atoms in total. The molecule has 146 valence electrons. The molecule has 0 aromatic heterocycles. The highest BCUT2D eigenvalue weighted by Gasteiger charge is 2.37.